The number of aliphatic hydroxyl groups excluding tert-OH is 1. The van der Waals surface area contributed by atoms with E-state index in [1.165, 1.54) is 21.3 Å². The topological polar surface area (TPSA) is 86.3 Å². The Balaban J connectivity index is 2.98. The van der Waals surface area contributed by atoms with E-state index in [4.69, 9.17) is 14.2 Å². The molecule has 1 rings (SSSR count). The Morgan fingerprint density at radius 1 is 1.14 bits per heavy atom. The van der Waals surface area contributed by atoms with Gasteiger partial charge in [-0.25, -0.2) is 0 Å². The molecule has 0 aromatic heterocycles. The van der Waals surface area contributed by atoms with Gasteiger partial charge in [0.25, 0.3) is 0 Å². The number of aliphatic hydroxyl groups is 1. The van der Waals surface area contributed by atoms with Crippen molar-refractivity contribution in [2.75, 3.05) is 35.0 Å². The van der Waals surface area contributed by atoms with Crippen LogP contribution in [-0.2, 0) is 16.1 Å². The van der Waals surface area contributed by atoms with E-state index in [0.29, 0.717) is 22.8 Å². The normalized spacial score (nSPS) is 11.7. The van der Waals surface area contributed by atoms with Crippen LogP contribution in [0.2, 0.25) is 0 Å². The molecule has 7 nitrogen and oxygen atoms in total. The third kappa shape index (κ3) is 4.24. The molecule has 21 heavy (non-hydrogen) atoms. The molecule has 1 aromatic rings. The van der Waals surface area contributed by atoms with E-state index in [1.807, 2.05) is 0 Å². The molecule has 0 saturated heterocycles. The van der Waals surface area contributed by atoms with Crippen LogP contribution in [0.15, 0.2) is 12.1 Å². The lowest BCUT2D eigenvalue weighted by atomic mass is 10.1. The average molecular weight is 299 g/mol. The molecule has 0 aliphatic heterocycles. The minimum Gasteiger partial charge on any atom is -0.496 e. The van der Waals surface area contributed by atoms with Gasteiger partial charge in [0.1, 0.15) is 23.3 Å². The van der Waals surface area contributed by atoms with Gasteiger partial charge in [0.2, 0.25) is 0 Å². The highest BCUT2D eigenvalue weighted by molar-refractivity contribution is 5.75. The van der Waals surface area contributed by atoms with E-state index >= 15 is 0 Å². The van der Waals surface area contributed by atoms with Crippen molar-refractivity contribution in [2.45, 2.75) is 12.6 Å². The fourth-order valence-corrected chi connectivity index (χ4v) is 1.84. The van der Waals surface area contributed by atoms with E-state index in [2.05, 4.69) is 10.1 Å². The standard InChI is InChI=1S/C14H21NO6/c1-18-9-5-12(19-2)10(13(6-9)20-3)7-15-11(8-16)14(17)21-4/h5-6,11,15-16H,7-8H2,1-4H3. The maximum atomic E-state index is 11.4. The first-order chi connectivity index (χ1) is 10.1. The number of benzene rings is 1. The summed E-state index contributed by atoms with van der Waals surface area (Å²) in [5, 5.41) is 12.1. The Morgan fingerprint density at radius 3 is 2.10 bits per heavy atom. The van der Waals surface area contributed by atoms with Crippen molar-refractivity contribution in [1.82, 2.24) is 5.32 Å². The molecule has 0 saturated carbocycles. The van der Waals surface area contributed by atoms with Gasteiger partial charge in [0.05, 0.1) is 40.6 Å². The molecule has 0 radical (unpaired) electrons. The molecule has 0 bridgehead atoms. The quantitative estimate of drug-likeness (QED) is 0.669. The Bertz CT molecular complexity index is 452. The average Bonchev–Trinajstić information content (AvgIpc) is 2.54. The summed E-state index contributed by atoms with van der Waals surface area (Å²) in [6.07, 6.45) is 0. The van der Waals surface area contributed by atoms with Crippen molar-refractivity contribution < 1.29 is 28.8 Å². The first-order valence-corrected chi connectivity index (χ1v) is 6.32. The zero-order valence-electron chi connectivity index (χ0n) is 12.6. The lowest BCUT2D eigenvalue weighted by molar-refractivity contribution is -0.144. The van der Waals surface area contributed by atoms with Gasteiger partial charge in [-0.15, -0.1) is 0 Å². The number of hydrogen-bond donors (Lipinski definition) is 2. The van der Waals surface area contributed by atoms with Crippen LogP contribution in [0.4, 0.5) is 0 Å². The summed E-state index contributed by atoms with van der Waals surface area (Å²) in [5.74, 6) is 1.17. The van der Waals surface area contributed by atoms with Crippen molar-refractivity contribution in [3.8, 4) is 17.2 Å². The fourth-order valence-electron chi connectivity index (χ4n) is 1.84. The van der Waals surface area contributed by atoms with E-state index < -0.39 is 12.0 Å². The Labute approximate surface area is 123 Å². The smallest absolute Gasteiger partial charge is 0.325 e. The summed E-state index contributed by atoms with van der Waals surface area (Å²) in [6.45, 7) is -0.107. The SMILES string of the molecule is COC(=O)C(CO)NCc1c(OC)cc(OC)cc1OC. The van der Waals surface area contributed by atoms with Crippen LogP contribution in [0.5, 0.6) is 17.2 Å². The molecule has 0 aliphatic carbocycles. The van der Waals surface area contributed by atoms with Gasteiger partial charge in [-0.05, 0) is 0 Å². The molecule has 0 aliphatic rings. The molecular formula is C14H21NO6. The van der Waals surface area contributed by atoms with Gasteiger partial charge in [-0.2, -0.15) is 0 Å². The fraction of sp³-hybridized carbons (Fsp3) is 0.500. The zero-order valence-corrected chi connectivity index (χ0v) is 12.6. The summed E-state index contributed by atoms with van der Waals surface area (Å²) in [6, 6.07) is 2.61. The number of ether oxygens (including phenoxy) is 4. The summed E-state index contributed by atoms with van der Waals surface area (Å²) < 4.78 is 20.4. The highest BCUT2D eigenvalue weighted by Gasteiger charge is 2.20. The Kier molecular flexibility index (Phi) is 6.77. The van der Waals surface area contributed by atoms with Gasteiger partial charge in [0, 0.05) is 18.7 Å². The van der Waals surface area contributed by atoms with Crippen molar-refractivity contribution in [3.05, 3.63) is 17.7 Å². The summed E-state index contributed by atoms with van der Waals surface area (Å²) in [5.41, 5.74) is 0.711. The summed E-state index contributed by atoms with van der Waals surface area (Å²) in [7, 11) is 5.87. The Hall–Kier alpha value is -1.99. The minimum atomic E-state index is -0.813. The monoisotopic (exact) mass is 299 g/mol. The van der Waals surface area contributed by atoms with Gasteiger partial charge >= 0.3 is 5.97 Å². The van der Waals surface area contributed by atoms with E-state index in [-0.39, 0.29) is 13.2 Å². The molecule has 2 N–H and O–H groups in total. The molecule has 0 amide bonds. The van der Waals surface area contributed by atoms with Crippen LogP contribution < -0.4 is 19.5 Å². The summed E-state index contributed by atoms with van der Waals surface area (Å²) >= 11 is 0. The molecular weight excluding hydrogens is 278 g/mol. The predicted molar refractivity (Wildman–Crippen MR) is 75.8 cm³/mol. The third-order valence-electron chi connectivity index (χ3n) is 3.01. The number of methoxy groups -OCH3 is 4. The second-order valence-corrected chi connectivity index (χ2v) is 4.15. The van der Waals surface area contributed by atoms with Gasteiger partial charge in [0.15, 0.2) is 0 Å². The van der Waals surface area contributed by atoms with Gasteiger partial charge in [-0.1, -0.05) is 0 Å². The van der Waals surface area contributed by atoms with Crippen LogP contribution in [-0.4, -0.2) is 52.2 Å². The molecule has 1 aromatic carbocycles. The second-order valence-electron chi connectivity index (χ2n) is 4.15. The molecule has 1 unspecified atom stereocenters. The number of esters is 1. The number of carbonyl (C=O) groups is 1. The second kappa shape index (κ2) is 8.33. The van der Waals surface area contributed by atoms with Crippen molar-refractivity contribution in [2.24, 2.45) is 0 Å². The molecule has 1 atom stereocenters. The number of nitrogens with one attached hydrogen (secondary N) is 1. The number of rotatable bonds is 8. The van der Waals surface area contributed by atoms with Gasteiger partial charge in [-0.3, -0.25) is 10.1 Å². The van der Waals surface area contributed by atoms with Gasteiger partial charge < -0.3 is 24.1 Å². The zero-order chi connectivity index (χ0) is 15.8. The van der Waals surface area contributed by atoms with Crippen molar-refractivity contribution in [1.29, 1.82) is 0 Å². The summed E-state index contributed by atoms with van der Waals surface area (Å²) in [4.78, 5) is 11.4. The predicted octanol–water partition coefficient (Wildman–Crippen LogP) is 0.336. The van der Waals surface area contributed by atoms with Crippen LogP contribution in [0.3, 0.4) is 0 Å². The first-order valence-electron chi connectivity index (χ1n) is 6.32. The highest BCUT2D eigenvalue weighted by Crippen LogP contribution is 2.33. The first kappa shape index (κ1) is 17.1. The van der Waals surface area contributed by atoms with E-state index in [1.54, 1.807) is 19.2 Å². The lowest BCUT2D eigenvalue weighted by Crippen LogP contribution is -2.40. The number of carbonyl (C=O) groups excluding carboxylic acids is 1. The minimum absolute atomic E-state index is 0.261. The van der Waals surface area contributed by atoms with E-state index in [0.717, 1.165) is 0 Å². The maximum absolute atomic E-state index is 11.4. The van der Waals surface area contributed by atoms with E-state index in [9.17, 15) is 9.90 Å². The number of hydrogen-bond acceptors (Lipinski definition) is 7. The van der Waals surface area contributed by atoms with Crippen LogP contribution >= 0.6 is 0 Å². The Morgan fingerprint density at radius 2 is 1.71 bits per heavy atom. The molecule has 0 heterocycles. The lowest BCUT2D eigenvalue weighted by Gasteiger charge is -2.18. The molecule has 118 valence electrons. The van der Waals surface area contributed by atoms with Crippen LogP contribution in [0, 0.1) is 0 Å². The van der Waals surface area contributed by atoms with Crippen LogP contribution in [0.25, 0.3) is 0 Å². The largest absolute Gasteiger partial charge is 0.496 e. The maximum Gasteiger partial charge on any atom is 0.325 e. The van der Waals surface area contributed by atoms with Crippen molar-refractivity contribution >= 4 is 5.97 Å². The van der Waals surface area contributed by atoms with Crippen molar-refractivity contribution in [3.63, 3.8) is 0 Å². The molecule has 7 heteroatoms. The third-order valence-corrected chi connectivity index (χ3v) is 3.01. The molecule has 0 fully saturated rings. The van der Waals surface area contributed by atoms with Crippen LogP contribution in [0.1, 0.15) is 5.56 Å². The molecule has 0 spiro atoms. The highest BCUT2D eigenvalue weighted by atomic mass is 16.5.